The van der Waals surface area contributed by atoms with Gasteiger partial charge in [0.15, 0.2) is 0 Å². The summed E-state index contributed by atoms with van der Waals surface area (Å²) in [5, 5.41) is 4.27. The second kappa shape index (κ2) is 5.77. The molecule has 2 aliphatic rings. The summed E-state index contributed by atoms with van der Waals surface area (Å²) < 4.78 is 8.28. The van der Waals surface area contributed by atoms with Gasteiger partial charge in [0.25, 0.3) is 0 Å². The average molecular weight is 311 g/mol. The Balaban J connectivity index is 1.50. The quantitative estimate of drug-likeness (QED) is 0.854. The van der Waals surface area contributed by atoms with E-state index >= 15 is 0 Å². The van der Waals surface area contributed by atoms with Gasteiger partial charge in [-0.1, -0.05) is 31.2 Å². The third-order valence-corrected chi connectivity index (χ3v) is 5.42. The largest absolute Gasteiger partial charge is 0.370 e. The van der Waals surface area contributed by atoms with Gasteiger partial charge in [0, 0.05) is 44.4 Å². The summed E-state index contributed by atoms with van der Waals surface area (Å²) in [5.74, 6) is 0.505. The summed E-state index contributed by atoms with van der Waals surface area (Å²) in [5.41, 5.74) is 4.15. The molecule has 0 N–H and O–H groups in total. The number of nitrogens with zero attached hydrogens (tertiary/aromatic N) is 3. The van der Waals surface area contributed by atoms with Crippen LogP contribution >= 0.6 is 0 Å². The molecular formula is C19H25N3O. The van der Waals surface area contributed by atoms with Crippen LogP contribution in [-0.2, 0) is 23.9 Å². The van der Waals surface area contributed by atoms with Crippen molar-refractivity contribution in [1.82, 2.24) is 14.7 Å². The molecule has 1 unspecified atom stereocenters. The highest BCUT2D eigenvalue weighted by molar-refractivity contribution is 5.37. The van der Waals surface area contributed by atoms with Crippen LogP contribution in [0.1, 0.15) is 42.4 Å². The normalized spacial score (nSPS) is 23.8. The molecule has 1 fully saturated rings. The van der Waals surface area contributed by atoms with Crippen molar-refractivity contribution in [3.8, 4) is 0 Å². The summed E-state index contributed by atoms with van der Waals surface area (Å²) in [7, 11) is 1.97. The van der Waals surface area contributed by atoms with Gasteiger partial charge < -0.3 is 4.74 Å². The number of ether oxygens (including phenoxy) is 1. The van der Waals surface area contributed by atoms with E-state index in [0.717, 1.165) is 39.1 Å². The minimum absolute atomic E-state index is 0.0610. The van der Waals surface area contributed by atoms with Crippen molar-refractivity contribution in [2.45, 2.75) is 37.8 Å². The highest BCUT2D eigenvalue weighted by Gasteiger charge is 2.42. The van der Waals surface area contributed by atoms with Gasteiger partial charge in [-0.3, -0.25) is 9.58 Å². The van der Waals surface area contributed by atoms with Gasteiger partial charge in [0.05, 0.1) is 18.4 Å². The SMILES string of the molecule is CC1COC2(CCN(Cc3cnn(C)c3)CC2)c2ccccc21. The Labute approximate surface area is 138 Å². The van der Waals surface area contributed by atoms with E-state index in [1.807, 2.05) is 17.9 Å². The molecule has 1 spiro atoms. The lowest BCUT2D eigenvalue weighted by Gasteiger charge is -2.46. The van der Waals surface area contributed by atoms with Crippen LogP contribution in [0.15, 0.2) is 36.7 Å². The van der Waals surface area contributed by atoms with Gasteiger partial charge in [0.1, 0.15) is 0 Å². The zero-order chi connectivity index (χ0) is 15.9. The minimum Gasteiger partial charge on any atom is -0.370 e. The maximum Gasteiger partial charge on any atom is 0.0958 e. The molecule has 3 heterocycles. The van der Waals surface area contributed by atoms with Crippen molar-refractivity contribution >= 4 is 0 Å². The molecule has 0 bridgehead atoms. The first-order valence-electron chi connectivity index (χ1n) is 8.59. The van der Waals surface area contributed by atoms with E-state index in [0.29, 0.717) is 5.92 Å². The van der Waals surface area contributed by atoms with Crippen molar-refractivity contribution < 1.29 is 4.74 Å². The minimum atomic E-state index is -0.0610. The number of piperidine rings is 1. The lowest BCUT2D eigenvalue weighted by molar-refractivity contribution is -0.105. The molecule has 1 aromatic carbocycles. The topological polar surface area (TPSA) is 30.3 Å². The second-order valence-corrected chi connectivity index (χ2v) is 7.09. The Kier molecular flexibility index (Phi) is 3.74. The van der Waals surface area contributed by atoms with Crippen LogP contribution in [0.5, 0.6) is 0 Å². The van der Waals surface area contributed by atoms with E-state index in [9.17, 15) is 0 Å². The predicted octanol–water partition coefficient (Wildman–Crippen LogP) is 3.05. The Hall–Kier alpha value is -1.65. The number of hydrogen-bond donors (Lipinski definition) is 0. The van der Waals surface area contributed by atoms with Crippen molar-refractivity contribution in [3.05, 3.63) is 53.3 Å². The highest BCUT2D eigenvalue weighted by Crippen LogP contribution is 2.44. The van der Waals surface area contributed by atoms with Crippen molar-refractivity contribution in [3.63, 3.8) is 0 Å². The molecular weight excluding hydrogens is 286 g/mol. The number of benzene rings is 1. The van der Waals surface area contributed by atoms with Gasteiger partial charge in [-0.2, -0.15) is 5.10 Å². The first-order chi connectivity index (χ1) is 11.2. The molecule has 4 nitrogen and oxygen atoms in total. The maximum absolute atomic E-state index is 6.40. The predicted molar refractivity (Wildman–Crippen MR) is 90.2 cm³/mol. The summed E-state index contributed by atoms with van der Waals surface area (Å²) in [6.45, 7) is 6.26. The van der Waals surface area contributed by atoms with Crippen LogP contribution < -0.4 is 0 Å². The van der Waals surface area contributed by atoms with E-state index in [1.165, 1.54) is 16.7 Å². The molecule has 1 atom stereocenters. The van der Waals surface area contributed by atoms with E-state index in [4.69, 9.17) is 4.74 Å². The molecule has 122 valence electrons. The third kappa shape index (κ3) is 2.70. The average Bonchev–Trinajstić information content (AvgIpc) is 2.99. The first kappa shape index (κ1) is 14.9. The highest BCUT2D eigenvalue weighted by atomic mass is 16.5. The van der Waals surface area contributed by atoms with Crippen LogP contribution in [0, 0.1) is 0 Å². The summed E-state index contributed by atoms with van der Waals surface area (Å²) >= 11 is 0. The molecule has 23 heavy (non-hydrogen) atoms. The van der Waals surface area contributed by atoms with Gasteiger partial charge in [-0.05, 0) is 24.0 Å². The first-order valence-corrected chi connectivity index (χ1v) is 8.59. The smallest absolute Gasteiger partial charge is 0.0958 e. The number of aromatic nitrogens is 2. The maximum atomic E-state index is 6.40. The van der Waals surface area contributed by atoms with Crippen LogP contribution in [0.25, 0.3) is 0 Å². The van der Waals surface area contributed by atoms with Crippen LogP contribution in [0.4, 0.5) is 0 Å². The molecule has 4 heteroatoms. The second-order valence-electron chi connectivity index (χ2n) is 7.09. The Morgan fingerprint density at radius 1 is 1.26 bits per heavy atom. The fourth-order valence-electron chi connectivity index (χ4n) is 4.09. The Bertz CT molecular complexity index is 685. The Morgan fingerprint density at radius 2 is 2.04 bits per heavy atom. The zero-order valence-corrected chi connectivity index (χ0v) is 14.0. The zero-order valence-electron chi connectivity index (χ0n) is 14.0. The molecule has 0 aliphatic carbocycles. The van der Waals surface area contributed by atoms with E-state index < -0.39 is 0 Å². The fraction of sp³-hybridized carbons (Fsp3) is 0.526. The van der Waals surface area contributed by atoms with Gasteiger partial charge in [-0.25, -0.2) is 0 Å². The molecule has 2 aliphatic heterocycles. The number of hydrogen-bond acceptors (Lipinski definition) is 3. The van der Waals surface area contributed by atoms with Crippen molar-refractivity contribution in [2.75, 3.05) is 19.7 Å². The fourth-order valence-corrected chi connectivity index (χ4v) is 4.09. The monoisotopic (exact) mass is 311 g/mol. The van der Waals surface area contributed by atoms with Gasteiger partial charge >= 0.3 is 0 Å². The van der Waals surface area contributed by atoms with Gasteiger partial charge in [-0.15, -0.1) is 0 Å². The summed E-state index contributed by atoms with van der Waals surface area (Å²) in [6, 6.07) is 8.88. The third-order valence-electron chi connectivity index (χ3n) is 5.42. The van der Waals surface area contributed by atoms with E-state index in [1.54, 1.807) is 0 Å². The molecule has 1 aromatic heterocycles. The molecule has 0 saturated carbocycles. The van der Waals surface area contributed by atoms with Gasteiger partial charge in [0.2, 0.25) is 0 Å². The standard InChI is InChI=1S/C19H25N3O/c1-15-14-23-19(18-6-4-3-5-17(15)18)7-9-22(10-8-19)13-16-11-20-21(2)12-16/h3-6,11-12,15H,7-10,13-14H2,1-2H3. The lowest BCUT2D eigenvalue weighted by atomic mass is 9.77. The molecule has 1 saturated heterocycles. The number of aryl methyl sites for hydroxylation is 1. The number of rotatable bonds is 2. The van der Waals surface area contributed by atoms with E-state index in [2.05, 4.69) is 47.4 Å². The summed E-state index contributed by atoms with van der Waals surface area (Å²) in [6.07, 6.45) is 6.24. The molecule has 0 amide bonds. The lowest BCUT2D eigenvalue weighted by Crippen LogP contribution is -2.46. The number of likely N-dealkylation sites (tertiary alicyclic amines) is 1. The number of fused-ring (bicyclic) bond motifs is 2. The molecule has 2 aromatic rings. The van der Waals surface area contributed by atoms with Crippen LogP contribution in [0.2, 0.25) is 0 Å². The molecule has 4 rings (SSSR count). The Morgan fingerprint density at radius 3 is 2.78 bits per heavy atom. The van der Waals surface area contributed by atoms with Crippen LogP contribution in [0.3, 0.4) is 0 Å². The van der Waals surface area contributed by atoms with E-state index in [-0.39, 0.29) is 5.60 Å². The van der Waals surface area contributed by atoms with Crippen LogP contribution in [-0.4, -0.2) is 34.4 Å². The summed E-state index contributed by atoms with van der Waals surface area (Å²) in [4.78, 5) is 2.52. The van der Waals surface area contributed by atoms with Crippen molar-refractivity contribution in [1.29, 1.82) is 0 Å². The van der Waals surface area contributed by atoms with Crippen molar-refractivity contribution in [2.24, 2.45) is 7.05 Å². The molecule has 0 radical (unpaired) electrons.